The second kappa shape index (κ2) is 10.7. The Morgan fingerprint density at radius 3 is 2.47 bits per heavy atom. The molecule has 0 bridgehead atoms. The van der Waals surface area contributed by atoms with Gasteiger partial charge in [0.25, 0.3) is 11.2 Å². The van der Waals surface area contributed by atoms with E-state index >= 15 is 0 Å². The molecule has 0 saturated carbocycles. The lowest BCUT2D eigenvalue weighted by Crippen LogP contribution is -2.39. The molecule has 1 unspecified atom stereocenters. The summed E-state index contributed by atoms with van der Waals surface area (Å²) in [5.41, 5.74) is 1.79. The zero-order valence-corrected chi connectivity index (χ0v) is 20.9. The summed E-state index contributed by atoms with van der Waals surface area (Å²) in [6.07, 6.45) is 2.54. The second-order valence-corrected chi connectivity index (χ2v) is 9.08. The van der Waals surface area contributed by atoms with Crippen LogP contribution in [0.15, 0.2) is 69.6 Å². The summed E-state index contributed by atoms with van der Waals surface area (Å²) in [6.45, 7) is 6.25. The number of hydrogen-bond donors (Lipinski definition) is 0. The number of nitrogens with zero attached hydrogens (tertiary/aromatic N) is 3. The van der Waals surface area contributed by atoms with Crippen LogP contribution in [-0.4, -0.2) is 28.7 Å². The molecule has 0 aliphatic carbocycles. The molecule has 36 heavy (non-hydrogen) atoms. The molecule has 3 aromatic rings. The SMILES string of the molecule is CCCOc1ccc(C2C(C(=O)OCC)=C(C)N=c3sc(=Cc4ccc([N+](=O)[O-])cc4)c(=O)n32)cc1. The van der Waals surface area contributed by atoms with Crippen molar-refractivity contribution in [1.82, 2.24) is 4.57 Å². The summed E-state index contributed by atoms with van der Waals surface area (Å²) in [6, 6.07) is 12.5. The maximum atomic E-state index is 13.6. The van der Waals surface area contributed by atoms with E-state index in [1.54, 1.807) is 32.1 Å². The number of hydrogen-bond acceptors (Lipinski definition) is 8. The number of carbonyl (C=O) groups is 1. The third kappa shape index (κ3) is 4.99. The minimum atomic E-state index is -0.723. The minimum absolute atomic E-state index is 0.0327. The van der Waals surface area contributed by atoms with Crippen molar-refractivity contribution in [3.8, 4) is 5.75 Å². The number of aromatic nitrogens is 1. The van der Waals surface area contributed by atoms with Crippen LogP contribution >= 0.6 is 11.3 Å². The van der Waals surface area contributed by atoms with Gasteiger partial charge >= 0.3 is 5.97 Å². The number of benzene rings is 2. The monoisotopic (exact) mass is 507 g/mol. The molecule has 0 saturated heterocycles. The Bertz CT molecular complexity index is 1500. The van der Waals surface area contributed by atoms with Crippen LogP contribution in [0.5, 0.6) is 5.75 Å². The van der Waals surface area contributed by atoms with Crippen molar-refractivity contribution in [1.29, 1.82) is 0 Å². The Labute approximate surface area is 210 Å². The number of nitro benzene ring substituents is 1. The topological polar surface area (TPSA) is 113 Å². The first kappa shape index (κ1) is 25.1. The van der Waals surface area contributed by atoms with Gasteiger partial charge in [-0.05, 0) is 61.7 Å². The molecule has 9 nitrogen and oxygen atoms in total. The Balaban J connectivity index is 1.85. The van der Waals surface area contributed by atoms with Crippen molar-refractivity contribution in [2.45, 2.75) is 33.2 Å². The molecule has 1 aromatic heterocycles. The minimum Gasteiger partial charge on any atom is -0.494 e. The first-order valence-electron chi connectivity index (χ1n) is 11.5. The van der Waals surface area contributed by atoms with Gasteiger partial charge in [-0.1, -0.05) is 30.4 Å². The Morgan fingerprint density at radius 2 is 1.86 bits per heavy atom. The largest absolute Gasteiger partial charge is 0.494 e. The highest BCUT2D eigenvalue weighted by molar-refractivity contribution is 7.07. The van der Waals surface area contributed by atoms with E-state index in [2.05, 4.69) is 4.99 Å². The Morgan fingerprint density at radius 1 is 1.17 bits per heavy atom. The van der Waals surface area contributed by atoms with Gasteiger partial charge in [-0.3, -0.25) is 19.5 Å². The fraction of sp³-hybridized carbons (Fsp3) is 0.269. The zero-order valence-electron chi connectivity index (χ0n) is 20.1. The fourth-order valence-electron chi connectivity index (χ4n) is 3.92. The number of esters is 1. The van der Waals surface area contributed by atoms with Gasteiger partial charge in [-0.2, -0.15) is 0 Å². The number of fused-ring (bicyclic) bond motifs is 1. The lowest BCUT2D eigenvalue weighted by atomic mass is 9.96. The van der Waals surface area contributed by atoms with Gasteiger partial charge < -0.3 is 9.47 Å². The number of carbonyl (C=O) groups excluding carboxylic acids is 1. The molecule has 0 amide bonds. The van der Waals surface area contributed by atoms with Gasteiger partial charge in [0.05, 0.1) is 40.0 Å². The normalized spacial score (nSPS) is 15.3. The summed E-state index contributed by atoms with van der Waals surface area (Å²) >= 11 is 1.19. The molecule has 10 heteroatoms. The van der Waals surface area contributed by atoms with Crippen LogP contribution in [0, 0.1) is 10.1 Å². The molecule has 2 heterocycles. The first-order valence-corrected chi connectivity index (χ1v) is 12.3. The van der Waals surface area contributed by atoms with Crippen LogP contribution in [0.1, 0.15) is 44.4 Å². The summed E-state index contributed by atoms with van der Waals surface area (Å²) < 4.78 is 12.9. The maximum absolute atomic E-state index is 13.6. The number of thiazole rings is 1. The quantitative estimate of drug-likeness (QED) is 0.262. The molecular weight excluding hydrogens is 482 g/mol. The molecule has 1 aliphatic rings. The molecule has 0 N–H and O–H groups in total. The predicted molar refractivity (Wildman–Crippen MR) is 136 cm³/mol. The second-order valence-electron chi connectivity index (χ2n) is 8.07. The van der Waals surface area contributed by atoms with Crippen molar-refractivity contribution in [3.05, 3.63) is 101 Å². The number of allylic oxidation sites excluding steroid dienone is 1. The van der Waals surface area contributed by atoms with Crippen LogP contribution in [0.2, 0.25) is 0 Å². The lowest BCUT2D eigenvalue weighted by Gasteiger charge is -2.24. The van der Waals surface area contributed by atoms with Crippen LogP contribution < -0.4 is 19.6 Å². The van der Waals surface area contributed by atoms with Gasteiger partial charge in [0.1, 0.15) is 5.75 Å². The van der Waals surface area contributed by atoms with E-state index in [1.165, 1.54) is 28.0 Å². The van der Waals surface area contributed by atoms with E-state index in [1.807, 2.05) is 31.2 Å². The summed E-state index contributed by atoms with van der Waals surface area (Å²) in [5.74, 6) is 0.171. The molecule has 4 rings (SSSR count). The summed E-state index contributed by atoms with van der Waals surface area (Å²) in [4.78, 5) is 42.0. The van der Waals surface area contributed by atoms with Crippen molar-refractivity contribution in [3.63, 3.8) is 0 Å². The number of ether oxygens (including phenoxy) is 2. The van der Waals surface area contributed by atoms with E-state index in [4.69, 9.17) is 9.47 Å². The van der Waals surface area contributed by atoms with E-state index in [9.17, 15) is 19.7 Å². The van der Waals surface area contributed by atoms with Gasteiger partial charge in [0.2, 0.25) is 0 Å². The molecule has 2 aromatic carbocycles. The maximum Gasteiger partial charge on any atom is 0.338 e. The standard InChI is InChI=1S/C26H25N3O6S/c1-4-14-35-20-12-8-18(9-13-20)23-22(25(31)34-5-2)16(3)27-26-28(23)24(30)21(36-26)15-17-6-10-19(11-7-17)29(32)33/h6-13,15,23H,4-5,14H2,1-3H3. The van der Waals surface area contributed by atoms with Crippen molar-refractivity contribution in [2.24, 2.45) is 4.99 Å². The summed E-state index contributed by atoms with van der Waals surface area (Å²) in [7, 11) is 0. The third-order valence-electron chi connectivity index (χ3n) is 5.59. The molecule has 1 atom stereocenters. The fourth-order valence-corrected chi connectivity index (χ4v) is 4.96. The van der Waals surface area contributed by atoms with E-state index < -0.39 is 16.9 Å². The average Bonchev–Trinajstić information content (AvgIpc) is 3.16. The molecule has 186 valence electrons. The summed E-state index contributed by atoms with van der Waals surface area (Å²) in [5, 5.41) is 10.9. The third-order valence-corrected chi connectivity index (χ3v) is 6.57. The lowest BCUT2D eigenvalue weighted by molar-refractivity contribution is -0.384. The number of non-ortho nitro benzene ring substituents is 1. The van der Waals surface area contributed by atoms with Gasteiger partial charge in [0.15, 0.2) is 4.80 Å². The van der Waals surface area contributed by atoms with Crippen molar-refractivity contribution >= 4 is 29.1 Å². The highest BCUT2D eigenvalue weighted by atomic mass is 32.1. The molecular formula is C26H25N3O6S. The average molecular weight is 508 g/mol. The van der Waals surface area contributed by atoms with Crippen LogP contribution in [-0.2, 0) is 9.53 Å². The van der Waals surface area contributed by atoms with Crippen LogP contribution in [0.3, 0.4) is 0 Å². The van der Waals surface area contributed by atoms with Crippen LogP contribution in [0.4, 0.5) is 5.69 Å². The van der Waals surface area contributed by atoms with Gasteiger partial charge in [-0.25, -0.2) is 9.79 Å². The Kier molecular flexibility index (Phi) is 7.44. The zero-order chi connectivity index (χ0) is 25.8. The van der Waals surface area contributed by atoms with E-state index in [-0.39, 0.29) is 17.9 Å². The number of nitro groups is 1. The molecule has 0 fully saturated rings. The van der Waals surface area contributed by atoms with Gasteiger partial charge in [0, 0.05) is 12.1 Å². The Hall–Kier alpha value is -4.05. The van der Waals surface area contributed by atoms with Crippen molar-refractivity contribution in [2.75, 3.05) is 13.2 Å². The molecule has 0 spiro atoms. The van der Waals surface area contributed by atoms with Crippen molar-refractivity contribution < 1.29 is 19.2 Å². The molecule has 1 aliphatic heterocycles. The highest BCUT2D eigenvalue weighted by Crippen LogP contribution is 2.31. The first-order chi connectivity index (χ1) is 17.3. The van der Waals surface area contributed by atoms with E-state index in [0.29, 0.717) is 38.5 Å². The van der Waals surface area contributed by atoms with Crippen LogP contribution in [0.25, 0.3) is 6.08 Å². The van der Waals surface area contributed by atoms with Gasteiger partial charge in [-0.15, -0.1) is 0 Å². The smallest absolute Gasteiger partial charge is 0.338 e. The highest BCUT2D eigenvalue weighted by Gasteiger charge is 2.33. The molecule has 0 radical (unpaired) electrons. The van der Waals surface area contributed by atoms with E-state index in [0.717, 1.165) is 12.0 Å². The number of rotatable bonds is 8. The predicted octanol–water partition coefficient (Wildman–Crippen LogP) is 3.50.